The second-order valence-electron chi connectivity index (χ2n) is 3.12. The van der Waals surface area contributed by atoms with E-state index in [4.69, 9.17) is 4.74 Å². The number of morpholine rings is 1. The number of hydrogen-bond acceptors (Lipinski definition) is 3. The first kappa shape index (κ1) is 11.0. The molecule has 5 nitrogen and oxygen atoms in total. The molecule has 1 N–H and O–H groups in total. The zero-order chi connectivity index (χ0) is 10.4. The lowest BCUT2D eigenvalue weighted by Gasteiger charge is -2.26. The zero-order valence-electron chi connectivity index (χ0n) is 8.41. The first-order valence-electron chi connectivity index (χ1n) is 4.86. The standard InChI is InChI=1S/C9H16N2O3/c1-2-8(12)10-7-9(13)11-3-5-14-6-4-11/h2-7H2,1H3,(H,10,12). The van der Waals surface area contributed by atoms with Crippen molar-refractivity contribution >= 4 is 11.8 Å². The minimum atomic E-state index is -0.0911. The summed E-state index contributed by atoms with van der Waals surface area (Å²) < 4.78 is 5.12. The summed E-state index contributed by atoms with van der Waals surface area (Å²) in [6.07, 6.45) is 0.413. The van der Waals surface area contributed by atoms with Crippen LogP contribution in [0.2, 0.25) is 0 Å². The fraction of sp³-hybridized carbons (Fsp3) is 0.778. The molecule has 1 aliphatic rings. The number of hydrogen-bond donors (Lipinski definition) is 1. The molecule has 0 radical (unpaired) electrons. The van der Waals surface area contributed by atoms with Crippen molar-refractivity contribution in [3.05, 3.63) is 0 Å². The van der Waals surface area contributed by atoms with E-state index >= 15 is 0 Å². The molecule has 0 aliphatic carbocycles. The summed E-state index contributed by atoms with van der Waals surface area (Å²) in [5.74, 6) is -0.123. The molecule has 0 aromatic heterocycles. The highest BCUT2D eigenvalue weighted by atomic mass is 16.5. The van der Waals surface area contributed by atoms with Gasteiger partial charge in [-0.3, -0.25) is 9.59 Å². The molecule has 0 spiro atoms. The molecule has 0 aromatic carbocycles. The molecule has 1 aliphatic heterocycles. The predicted molar refractivity (Wildman–Crippen MR) is 50.7 cm³/mol. The summed E-state index contributed by atoms with van der Waals surface area (Å²) in [6, 6.07) is 0. The van der Waals surface area contributed by atoms with Gasteiger partial charge in [-0.1, -0.05) is 6.92 Å². The van der Waals surface area contributed by atoms with Crippen molar-refractivity contribution in [1.82, 2.24) is 10.2 Å². The van der Waals surface area contributed by atoms with E-state index in [9.17, 15) is 9.59 Å². The number of nitrogens with one attached hydrogen (secondary N) is 1. The van der Waals surface area contributed by atoms with E-state index in [-0.39, 0.29) is 18.4 Å². The number of ether oxygens (including phenoxy) is 1. The number of amides is 2. The third kappa shape index (κ3) is 3.33. The molecule has 1 rings (SSSR count). The Morgan fingerprint density at radius 2 is 2.00 bits per heavy atom. The maximum Gasteiger partial charge on any atom is 0.242 e. The van der Waals surface area contributed by atoms with Gasteiger partial charge in [0, 0.05) is 19.5 Å². The molecular formula is C9H16N2O3. The number of rotatable bonds is 3. The van der Waals surface area contributed by atoms with Crippen molar-refractivity contribution in [2.75, 3.05) is 32.8 Å². The quantitative estimate of drug-likeness (QED) is 0.660. The lowest BCUT2D eigenvalue weighted by atomic mass is 10.4. The van der Waals surface area contributed by atoms with Crippen molar-refractivity contribution in [3.8, 4) is 0 Å². The fourth-order valence-electron chi connectivity index (χ4n) is 1.22. The molecule has 0 atom stereocenters. The van der Waals surface area contributed by atoms with Crippen LogP contribution in [0.5, 0.6) is 0 Å². The highest BCUT2D eigenvalue weighted by molar-refractivity contribution is 5.84. The highest BCUT2D eigenvalue weighted by Crippen LogP contribution is 1.96. The van der Waals surface area contributed by atoms with E-state index in [2.05, 4.69) is 5.32 Å². The topological polar surface area (TPSA) is 58.6 Å². The average Bonchev–Trinajstić information content (AvgIpc) is 2.26. The van der Waals surface area contributed by atoms with Gasteiger partial charge in [0.15, 0.2) is 0 Å². The summed E-state index contributed by atoms with van der Waals surface area (Å²) >= 11 is 0. The van der Waals surface area contributed by atoms with E-state index in [0.29, 0.717) is 32.7 Å². The van der Waals surface area contributed by atoms with Crippen molar-refractivity contribution in [2.45, 2.75) is 13.3 Å². The third-order valence-electron chi connectivity index (χ3n) is 2.12. The average molecular weight is 200 g/mol. The van der Waals surface area contributed by atoms with Crippen LogP contribution in [-0.4, -0.2) is 49.6 Å². The summed E-state index contributed by atoms with van der Waals surface area (Å²) in [7, 11) is 0. The normalized spacial score (nSPS) is 16.5. The second-order valence-corrected chi connectivity index (χ2v) is 3.12. The van der Waals surface area contributed by atoms with E-state index in [1.807, 2.05) is 0 Å². The van der Waals surface area contributed by atoms with Crippen LogP contribution < -0.4 is 5.32 Å². The molecule has 0 saturated carbocycles. The monoisotopic (exact) mass is 200 g/mol. The molecule has 1 heterocycles. The number of nitrogens with zero attached hydrogens (tertiary/aromatic N) is 1. The molecule has 1 fully saturated rings. The minimum absolute atomic E-state index is 0.0323. The van der Waals surface area contributed by atoms with Crippen molar-refractivity contribution in [3.63, 3.8) is 0 Å². The number of carbonyl (C=O) groups excluding carboxylic acids is 2. The predicted octanol–water partition coefficient (Wildman–Crippen LogP) is -0.629. The largest absolute Gasteiger partial charge is 0.378 e. The lowest BCUT2D eigenvalue weighted by Crippen LogP contribution is -2.45. The minimum Gasteiger partial charge on any atom is -0.378 e. The van der Waals surface area contributed by atoms with E-state index in [0.717, 1.165) is 0 Å². The molecule has 5 heteroatoms. The van der Waals surface area contributed by atoms with Gasteiger partial charge in [-0.25, -0.2) is 0 Å². The summed E-state index contributed by atoms with van der Waals surface area (Å²) in [6.45, 7) is 4.30. The first-order valence-corrected chi connectivity index (χ1v) is 4.86. The van der Waals surface area contributed by atoms with Crippen LogP contribution in [0.3, 0.4) is 0 Å². The van der Waals surface area contributed by atoms with Crippen LogP contribution in [0.1, 0.15) is 13.3 Å². The van der Waals surface area contributed by atoms with Crippen LogP contribution in [0.4, 0.5) is 0 Å². The maximum absolute atomic E-state index is 11.5. The summed E-state index contributed by atoms with van der Waals surface area (Å²) in [5, 5.41) is 2.56. The van der Waals surface area contributed by atoms with E-state index in [1.54, 1.807) is 11.8 Å². The van der Waals surface area contributed by atoms with Crippen LogP contribution >= 0.6 is 0 Å². The van der Waals surface area contributed by atoms with Gasteiger partial charge in [-0.2, -0.15) is 0 Å². The molecule has 0 aromatic rings. The molecule has 14 heavy (non-hydrogen) atoms. The summed E-state index contributed by atoms with van der Waals surface area (Å²) in [5.41, 5.74) is 0. The molecule has 1 saturated heterocycles. The smallest absolute Gasteiger partial charge is 0.242 e. The van der Waals surface area contributed by atoms with Gasteiger partial charge in [0.05, 0.1) is 19.8 Å². The van der Waals surface area contributed by atoms with Gasteiger partial charge >= 0.3 is 0 Å². The van der Waals surface area contributed by atoms with Gasteiger partial charge in [-0.15, -0.1) is 0 Å². The maximum atomic E-state index is 11.5. The Bertz CT molecular complexity index is 212. The number of carbonyl (C=O) groups is 2. The Labute approximate surface area is 83.4 Å². The van der Waals surface area contributed by atoms with Crippen molar-refractivity contribution < 1.29 is 14.3 Å². The SMILES string of the molecule is CCC(=O)NCC(=O)N1CCOCC1. The highest BCUT2D eigenvalue weighted by Gasteiger charge is 2.16. The van der Waals surface area contributed by atoms with Gasteiger partial charge in [0.2, 0.25) is 11.8 Å². The van der Waals surface area contributed by atoms with E-state index in [1.165, 1.54) is 0 Å². The van der Waals surface area contributed by atoms with Gasteiger partial charge in [-0.05, 0) is 0 Å². The van der Waals surface area contributed by atoms with Crippen LogP contribution in [0, 0.1) is 0 Å². The molecule has 0 bridgehead atoms. The Morgan fingerprint density at radius 1 is 1.36 bits per heavy atom. The van der Waals surface area contributed by atoms with Crippen molar-refractivity contribution in [1.29, 1.82) is 0 Å². The van der Waals surface area contributed by atoms with Gasteiger partial charge in [0.25, 0.3) is 0 Å². The third-order valence-corrected chi connectivity index (χ3v) is 2.12. The Balaban J connectivity index is 2.23. The van der Waals surface area contributed by atoms with Crippen molar-refractivity contribution in [2.24, 2.45) is 0 Å². The Hall–Kier alpha value is -1.10. The Morgan fingerprint density at radius 3 is 2.57 bits per heavy atom. The molecule has 2 amide bonds. The Kier molecular flexibility index (Phi) is 4.39. The fourth-order valence-corrected chi connectivity index (χ4v) is 1.22. The second kappa shape index (κ2) is 5.59. The van der Waals surface area contributed by atoms with Crippen LogP contribution in [-0.2, 0) is 14.3 Å². The van der Waals surface area contributed by atoms with E-state index < -0.39 is 0 Å². The van der Waals surface area contributed by atoms with Gasteiger partial charge in [0.1, 0.15) is 0 Å². The van der Waals surface area contributed by atoms with Gasteiger partial charge < -0.3 is 15.0 Å². The molecular weight excluding hydrogens is 184 g/mol. The van der Waals surface area contributed by atoms with Crippen LogP contribution in [0.15, 0.2) is 0 Å². The van der Waals surface area contributed by atoms with Crippen LogP contribution in [0.25, 0.3) is 0 Å². The first-order chi connectivity index (χ1) is 6.74. The molecule has 80 valence electrons. The zero-order valence-corrected chi connectivity index (χ0v) is 8.41. The molecule has 0 unspecified atom stereocenters. The lowest BCUT2D eigenvalue weighted by molar-refractivity contribution is -0.136. The summed E-state index contributed by atoms with van der Waals surface area (Å²) in [4.78, 5) is 24.1.